The summed E-state index contributed by atoms with van der Waals surface area (Å²) >= 11 is 1.11. The van der Waals surface area contributed by atoms with E-state index in [0.717, 1.165) is 50.7 Å². The third kappa shape index (κ3) is 3.42. The highest BCUT2D eigenvalue weighted by Gasteiger charge is 2.35. The zero-order valence-corrected chi connectivity index (χ0v) is 16.0. The van der Waals surface area contributed by atoms with Gasteiger partial charge in [0.25, 0.3) is 23.6 Å². The SMILES string of the molecule is O=C(O)c1cc(N2C(=O)C=CC2=O)cc(N2C(=O)C=C(Sc3ccccc3)C2=O)c1. The topological polar surface area (TPSA) is 112 Å². The number of anilines is 2. The van der Waals surface area contributed by atoms with Crippen molar-refractivity contribution in [2.24, 2.45) is 0 Å². The summed E-state index contributed by atoms with van der Waals surface area (Å²) in [6.45, 7) is 0. The molecule has 0 bridgehead atoms. The van der Waals surface area contributed by atoms with Crippen LogP contribution in [-0.4, -0.2) is 34.7 Å². The number of thioether (sulfide) groups is 1. The summed E-state index contributed by atoms with van der Waals surface area (Å²) in [4.78, 5) is 63.5. The number of carbonyl (C=O) groups excluding carboxylic acids is 4. The number of hydrogen-bond donors (Lipinski definition) is 1. The normalized spacial score (nSPS) is 15.9. The number of amides is 4. The molecule has 8 nitrogen and oxygen atoms in total. The molecule has 4 amide bonds. The number of carbonyl (C=O) groups is 5. The average Bonchev–Trinajstić information content (AvgIpc) is 3.19. The third-order valence-electron chi connectivity index (χ3n) is 4.33. The summed E-state index contributed by atoms with van der Waals surface area (Å²) in [7, 11) is 0. The molecule has 0 fully saturated rings. The number of carboxylic acids is 1. The number of rotatable bonds is 5. The summed E-state index contributed by atoms with van der Waals surface area (Å²) in [5.74, 6) is -3.91. The van der Waals surface area contributed by atoms with Crippen molar-refractivity contribution in [3.63, 3.8) is 0 Å². The maximum Gasteiger partial charge on any atom is 0.335 e. The first-order valence-corrected chi connectivity index (χ1v) is 9.44. The maximum atomic E-state index is 12.9. The molecule has 0 unspecified atom stereocenters. The van der Waals surface area contributed by atoms with Gasteiger partial charge in [-0.3, -0.25) is 19.2 Å². The molecule has 0 spiro atoms. The van der Waals surface area contributed by atoms with E-state index in [1.807, 2.05) is 6.07 Å². The van der Waals surface area contributed by atoms with E-state index in [0.29, 0.717) is 0 Å². The molecule has 0 radical (unpaired) electrons. The Hall–Kier alpha value is -3.98. The molecule has 0 saturated heterocycles. The van der Waals surface area contributed by atoms with Gasteiger partial charge in [0.05, 0.1) is 21.8 Å². The van der Waals surface area contributed by atoms with Crippen molar-refractivity contribution in [3.05, 3.63) is 77.2 Å². The summed E-state index contributed by atoms with van der Waals surface area (Å²) in [6, 6.07) is 12.5. The van der Waals surface area contributed by atoms with Crippen LogP contribution >= 0.6 is 11.8 Å². The Morgan fingerprint density at radius 2 is 1.40 bits per heavy atom. The van der Waals surface area contributed by atoms with Gasteiger partial charge in [-0.25, -0.2) is 14.6 Å². The van der Waals surface area contributed by atoms with Crippen molar-refractivity contribution >= 4 is 52.7 Å². The van der Waals surface area contributed by atoms with Gasteiger partial charge in [-0.15, -0.1) is 0 Å². The Bertz CT molecular complexity index is 1170. The highest BCUT2D eigenvalue weighted by Crippen LogP contribution is 2.35. The van der Waals surface area contributed by atoms with E-state index in [9.17, 15) is 29.1 Å². The molecule has 148 valence electrons. The maximum absolute atomic E-state index is 12.9. The second kappa shape index (κ2) is 7.45. The van der Waals surface area contributed by atoms with Gasteiger partial charge in [0, 0.05) is 23.1 Å². The van der Waals surface area contributed by atoms with Crippen LogP contribution in [0.1, 0.15) is 10.4 Å². The van der Waals surface area contributed by atoms with Crippen LogP contribution < -0.4 is 9.80 Å². The predicted octanol–water partition coefficient (Wildman–Crippen LogP) is 2.36. The van der Waals surface area contributed by atoms with Crippen LogP contribution in [0.25, 0.3) is 0 Å². The van der Waals surface area contributed by atoms with Crippen molar-refractivity contribution in [2.45, 2.75) is 4.90 Å². The molecule has 2 aromatic rings. The van der Waals surface area contributed by atoms with Crippen LogP contribution in [0.3, 0.4) is 0 Å². The zero-order valence-electron chi connectivity index (χ0n) is 15.1. The predicted molar refractivity (Wildman–Crippen MR) is 108 cm³/mol. The monoisotopic (exact) mass is 420 g/mol. The Morgan fingerprint density at radius 1 is 0.800 bits per heavy atom. The van der Waals surface area contributed by atoms with Crippen LogP contribution in [0.5, 0.6) is 0 Å². The van der Waals surface area contributed by atoms with E-state index in [4.69, 9.17) is 0 Å². The van der Waals surface area contributed by atoms with Crippen molar-refractivity contribution in [3.8, 4) is 0 Å². The first kappa shape index (κ1) is 19.3. The van der Waals surface area contributed by atoms with Gasteiger partial charge in [-0.1, -0.05) is 30.0 Å². The molecule has 30 heavy (non-hydrogen) atoms. The highest BCUT2D eigenvalue weighted by molar-refractivity contribution is 8.04. The molecule has 1 N–H and O–H groups in total. The third-order valence-corrected chi connectivity index (χ3v) is 5.36. The standard InChI is InChI=1S/C21H12N2O6S/c24-17-6-7-18(25)22(17)13-8-12(21(28)29)9-14(10-13)23-19(26)11-16(20(23)27)30-15-4-2-1-3-5-15/h1-11H,(H,28,29). The van der Waals surface area contributed by atoms with E-state index in [2.05, 4.69) is 0 Å². The highest BCUT2D eigenvalue weighted by atomic mass is 32.2. The fraction of sp³-hybridized carbons (Fsp3) is 0. The Morgan fingerprint density at radius 3 is 2.00 bits per heavy atom. The lowest BCUT2D eigenvalue weighted by molar-refractivity contribution is -0.121. The van der Waals surface area contributed by atoms with E-state index >= 15 is 0 Å². The molecular weight excluding hydrogens is 408 g/mol. The van der Waals surface area contributed by atoms with Crippen LogP contribution in [0.15, 0.2) is 76.6 Å². The minimum atomic E-state index is -1.34. The lowest BCUT2D eigenvalue weighted by Crippen LogP contribution is -2.32. The molecule has 2 aliphatic heterocycles. The fourth-order valence-corrected chi connectivity index (χ4v) is 3.90. The molecule has 2 aromatic carbocycles. The summed E-state index contributed by atoms with van der Waals surface area (Å²) < 4.78 is 0. The van der Waals surface area contributed by atoms with Gasteiger partial charge < -0.3 is 5.11 Å². The zero-order chi connectivity index (χ0) is 21.4. The summed E-state index contributed by atoms with van der Waals surface area (Å²) in [5, 5.41) is 9.42. The van der Waals surface area contributed by atoms with Crippen LogP contribution in [-0.2, 0) is 19.2 Å². The lowest BCUT2D eigenvalue weighted by Gasteiger charge is -2.20. The number of imide groups is 2. The van der Waals surface area contributed by atoms with Crippen molar-refractivity contribution < 1.29 is 29.1 Å². The molecule has 0 atom stereocenters. The van der Waals surface area contributed by atoms with E-state index in [1.165, 1.54) is 12.1 Å². The molecule has 2 aliphatic rings. The molecule has 2 heterocycles. The fourth-order valence-electron chi connectivity index (χ4n) is 3.01. The molecule has 0 saturated carbocycles. The number of carboxylic acid groups (broad SMARTS) is 1. The molecule has 0 aliphatic carbocycles. The van der Waals surface area contributed by atoms with Crippen LogP contribution in [0.2, 0.25) is 0 Å². The van der Waals surface area contributed by atoms with Gasteiger partial charge in [-0.2, -0.15) is 0 Å². The molecule has 9 heteroatoms. The van der Waals surface area contributed by atoms with Crippen molar-refractivity contribution in [1.82, 2.24) is 0 Å². The van der Waals surface area contributed by atoms with Gasteiger partial charge >= 0.3 is 5.97 Å². The van der Waals surface area contributed by atoms with E-state index in [1.54, 1.807) is 24.3 Å². The van der Waals surface area contributed by atoms with Crippen molar-refractivity contribution in [1.29, 1.82) is 0 Å². The van der Waals surface area contributed by atoms with E-state index in [-0.39, 0.29) is 21.8 Å². The first-order chi connectivity index (χ1) is 14.3. The molecular formula is C21H12N2O6S. The van der Waals surface area contributed by atoms with E-state index < -0.39 is 29.6 Å². The summed E-state index contributed by atoms with van der Waals surface area (Å²) in [6.07, 6.45) is 3.27. The first-order valence-electron chi connectivity index (χ1n) is 8.62. The smallest absolute Gasteiger partial charge is 0.335 e. The summed E-state index contributed by atoms with van der Waals surface area (Å²) in [5.41, 5.74) is -0.373. The molecule has 4 rings (SSSR count). The Kier molecular flexibility index (Phi) is 4.80. The largest absolute Gasteiger partial charge is 0.478 e. The lowest BCUT2D eigenvalue weighted by atomic mass is 10.1. The van der Waals surface area contributed by atoms with Gasteiger partial charge in [0.1, 0.15) is 0 Å². The number of aromatic carboxylic acids is 1. The second-order valence-electron chi connectivity index (χ2n) is 6.29. The van der Waals surface area contributed by atoms with Crippen LogP contribution in [0.4, 0.5) is 11.4 Å². The Balaban J connectivity index is 1.71. The number of benzene rings is 2. The average molecular weight is 420 g/mol. The minimum Gasteiger partial charge on any atom is -0.478 e. The van der Waals surface area contributed by atoms with Crippen molar-refractivity contribution in [2.75, 3.05) is 9.80 Å². The van der Waals surface area contributed by atoms with Gasteiger partial charge in [0.2, 0.25) is 0 Å². The van der Waals surface area contributed by atoms with Crippen LogP contribution in [0, 0.1) is 0 Å². The van der Waals surface area contributed by atoms with Gasteiger partial charge in [-0.05, 0) is 30.3 Å². The quantitative estimate of drug-likeness (QED) is 0.739. The minimum absolute atomic E-state index is 0.0466. The number of nitrogens with zero attached hydrogens (tertiary/aromatic N) is 2. The molecule has 0 aromatic heterocycles. The second-order valence-corrected chi connectivity index (χ2v) is 7.41. The Labute approximate surface area is 174 Å². The number of hydrogen-bond acceptors (Lipinski definition) is 6. The van der Waals surface area contributed by atoms with Gasteiger partial charge in [0.15, 0.2) is 0 Å².